The molecule has 16 heavy (non-hydrogen) atoms. The van der Waals surface area contributed by atoms with Crippen LogP contribution < -0.4 is 24.8 Å². The molecule has 0 atom stereocenters. The standard InChI is InChI=1S/C13H15.2ClH.Zr/c1-4-11-7-12-6-9(2)5-10(3)13(12)8-11;;;/h5-8H,4H2,1-3H3;2*1H;/q-1;;;+3/p-2. The summed E-state index contributed by atoms with van der Waals surface area (Å²) < 4.78 is 0. The Kier molecular flexibility index (Phi) is 8.84. The van der Waals surface area contributed by atoms with E-state index >= 15 is 0 Å². The van der Waals surface area contributed by atoms with E-state index in [-0.39, 0.29) is 51.0 Å². The molecular formula is C13H15Cl2Zr. The molecule has 0 fully saturated rings. The van der Waals surface area contributed by atoms with Crippen LogP contribution in [-0.2, 0) is 32.6 Å². The molecule has 0 heterocycles. The second-order valence-electron chi connectivity index (χ2n) is 3.80. The maximum atomic E-state index is 2.31. The zero-order valence-corrected chi connectivity index (χ0v) is 13.7. The van der Waals surface area contributed by atoms with E-state index in [0.29, 0.717) is 0 Å². The molecule has 0 saturated carbocycles. The zero-order chi connectivity index (χ0) is 9.42. The van der Waals surface area contributed by atoms with Gasteiger partial charge in [-0.3, -0.25) is 0 Å². The van der Waals surface area contributed by atoms with Crippen LogP contribution in [0.2, 0.25) is 0 Å². The largest absolute Gasteiger partial charge is 3.00 e. The Morgan fingerprint density at radius 3 is 2.25 bits per heavy atom. The van der Waals surface area contributed by atoms with Gasteiger partial charge in [-0.2, -0.15) is 6.07 Å². The van der Waals surface area contributed by atoms with Crippen molar-refractivity contribution in [2.75, 3.05) is 0 Å². The summed E-state index contributed by atoms with van der Waals surface area (Å²) in [5.74, 6) is 0. The number of aryl methyl sites for hydroxylation is 3. The van der Waals surface area contributed by atoms with E-state index in [2.05, 4.69) is 45.0 Å². The molecule has 0 N–H and O–H groups in total. The number of fused-ring (bicyclic) bond motifs is 1. The predicted octanol–water partition coefficient (Wildman–Crippen LogP) is -2.26. The van der Waals surface area contributed by atoms with Crippen LogP contribution in [0.4, 0.5) is 0 Å². The van der Waals surface area contributed by atoms with Gasteiger partial charge in [-0.15, -0.1) is 28.5 Å². The van der Waals surface area contributed by atoms with Crippen molar-refractivity contribution < 1.29 is 51.0 Å². The first-order valence-corrected chi connectivity index (χ1v) is 4.87. The average Bonchev–Trinajstić information content (AvgIpc) is 2.47. The zero-order valence-electron chi connectivity index (χ0n) is 9.77. The first-order valence-electron chi connectivity index (χ1n) is 4.87. The van der Waals surface area contributed by atoms with Gasteiger partial charge in [0.15, 0.2) is 0 Å². The normalized spacial score (nSPS) is 8.94. The van der Waals surface area contributed by atoms with E-state index in [1.165, 1.54) is 27.5 Å². The SMILES string of the molecule is CCc1cc2c(C)cc(C)cc2[cH-]1.[Cl-].[Cl-].[Zr+3]. The molecule has 0 nitrogen and oxygen atoms in total. The monoisotopic (exact) mass is 331 g/mol. The summed E-state index contributed by atoms with van der Waals surface area (Å²) in [5, 5.41) is 2.82. The van der Waals surface area contributed by atoms with Crippen LogP contribution in [0.5, 0.6) is 0 Å². The minimum absolute atomic E-state index is 0. The van der Waals surface area contributed by atoms with Crippen LogP contribution in [0.1, 0.15) is 23.6 Å². The van der Waals surface area contributed by atoms with Crippen molar-refractivity contribution >= 4 is 10.8 Å². The topological polar surface area (TPSA) is 0 Å². The molecule has 0 amide bonds. The molecule has 0 aliphatic carbocycles. The molecule has 2 aromatic rings. The minimum atomic E-state index is 0. The molecule has 2 aromatic carbocycles. The maximum Gasteiger partial charge on any atom is 3.00 e. The molecule has 0 unspecified atom stereocenters. The second-order valence-corrected chi connectivity index (χ2v) is 3.80. The minimum Gasteiger partial charge on any atom is -1.00 e. The molecule has 0 aliphatic rings. The van der Waals surface area contributed by atoms with Gasteiger partial charge in [0.05, 0.1) is 0 Å². The fourth-order valence-corrected chi connectivity index (χ4v) is 1.96. The average molecular weight is 333 g/mol. The molecule has 2 rings (SSSR count). The fourth-order valence-electron chi connectivity index (χ4n) is 1.96. The Labute approximate surface area is 129 Å². The molecular weight excluding hydrogens is 318 g/mol. The Morgan fingerprint density at radius 1 is 1.06 bits per heavy atom. The van der Waals surface area contributed by atoms with Gasteiger partial charge in [0, 0.05) is 0 Å². The quantitative estimate of drug-likeness (QED) is 0.517. The van der Waals surface area contributed by atoms with Crippen molar-refractivity contribution in [3.05, 3.63) is 41.0 Å². The van der Waals surface area contributed by atoms with E-state index in [4.69, 9.17) is 0 Å². The molecule has 0 aromatic heterocycles. The van der Waals surface area contributed by atoms with Crippen molar-refractivity contribution in [2.45, 2.75) is 27.2 Å². The summed E-state index contributed by atoms with van der Waals surface area (Å²) in [6, 6.07) is 9.13. The predicted molar refractivity (Wildman–Crippen MR) is 58.4 cm³/mol. The Morgan fingerprint density at radius 2 is 1.69 bits per heavy atom. The van der Waals surface area contributed by atoms with Gasteiger partial charge in [-0.25, -0.2) is 0 Å². The number of rotatable bonds is 1. The first-order chi connectivity index (χ1) is 6.20. The van der Waals surface area contributed by atoms with Crippen LogP contribution in [0.15, 0.2) is 24.3 Å². The van der Waals surface area contributed by atoms with E-state index in [9.17, 15) is 0 Å². The molecule has 0 bridgehead atoms. The molecule has 1 radical (unpaired) electrons. The molecule has 0 saturated heterocycles. The fraction of sp³-hybridized carbons (Fsp3) is 0.308. The Hall–Kier alpha value is 0.293. The number of halogens is 2. The molecule has 0 spiro atoms. The molecule has 0 aliphatic heterocycles. The van der Waals surface area contributed by atoms with Crippen LogP contribution in [0.25, 0.3) is 10.8 Å². The summed E-state index contributed by atoms with van der Waals surface area (Å²) in [5.41, 5.74) is 4.21. The van der Waals surface area contributed by atoms with Crippen LogP contribution in [0, 0.1) is 13.8 Å². The van der Waals surface area contributed by atoms with Crippen LogP contribution in [0.3, 0.4) is 0 Å². The third-order valence-electron chi connectivity index (χ3n) is 2.64. The summed E-state index contributed by atoms with van der Waals surface area (Å²) in [6.45, 7) is 6.55. The van der Waals surface area contributed by atoms with Crippen molar-refractivity contribution in [3.63, 3.8) is 0 Å². The molecule has 85 valence electrons. The number of hydrogen-bond donors (Lipinski definition) is 0. The van der Waals surface area contributed by atoms with Crippen molar-refractivity contribution in [2.24, 2.45) is 0 Å². The van der Waals surface area contributed by atoms with E-state index in [1.54, 1.807) is 0 Å². The van der Waals surface area contributed by atoms with Crippen molar-refractivity contribution in [3.8, 4) is 0 Å². The van der Waals surface area contributed by atoms with Gasteiger partial charge in [-0.05, 0) is 20.3 Å². The summed E-state index contributed by atoms with van der Waals surface area (Å²) in [7, 11) is 0. The third-order valence-corrected chi connectivity index (χ3v) is 2.64. The summed E-state index contributed by atoms with van der Waals surface area (Å²) in [4.78, 5) is 0. The molecule has 3 heteroatoms. The van der Waals surface area contributed by atoms with E-state index in [1.807, 2.05) is 0 Å². The van der Waals surface area contributed by atoms with Crippen LogP contribution in [-0.4, -0.2) is 0 Å². The summed E-state index contributed by atoms with van der Waals surface area (Å²) in [6.07, 6.45) is 1.13. The van der Waals surface area contributed by atoms with E-state index < -0.39 is 0 Å². The van der Waals surface area contributed by atoms with Gasteiger partial charge in [0.2, 0.25) is 0 Å². The van der Waals surface area contributed by atoms with E-state index in [0.717, 1.165) is 6.42 Å². The first kappa shape index (κ1) is 18.7. The van der Waals surface area contributed by atoms with Crippen molar-refractivity contribution in [1.29, 1.82) is 0 Å². The number of benzene rings is 1. The van der Waals surface area contributed by atoms with Gasteiger partial charge in [0.1, 0.15) is 0 Å². The second kappa shape index (κ2) is 7.59. The van der Waals surface area contributed by atoms with Crippen LogP contribution >= 0.6 is 0 Å². The maximum absolute atomic E-state index is 2.31. The smallest absolute Gasteiger partial charge is 1.00 e. The van der Waals surface area contributed by atoms with Gasteiger partial charge in [0.25, 0.3) is 0 Å². The van der Waals surface area contributed by atoms with Gasteiger partial charge < -0.3 is 24.8 Å². The van der Waals surface area contributed by atoms with Gasteiger partial charge >= 0.3 is 26.2 Å². The van der Waals surface area contributed by atoms with Gasteiger partial charge in [-0.1, -0.05) is 24.1 Å². The van der Waals surface area contributed by atoms with Crippen molar-refractivity contribution in [1.82, 2.24) is 0 Å². The summed E-state index contributed by atoms with van der Waals surface area (Å²) >= 11 is 0. The number of hydrogen-bond acceptors (Lipinski definition) is 0. The Balaban J connectivity index is 0. The Bertz CT molecular complexity index is 446. The third kappa shape index (κ3) is 3.65.